The molecule has 1 aromatic carbocycles. The third-order valence-electron chi connectivity index (χ3n) is 2.69. The van der Waals surface area contributed by atoms with Gasteiger partial charge in [-0.3, -0.25) is 9.79 Å². The Kier molecular flexibility index (Phi) is 8.35. The highest BCUT2D eigenvalue weighted by atomic mass is 32.2. The third kappa shape index (κ3) is 7.60. The predicted octanol–water partition coefficient (Wildman–Crippen LogP) is 2.40. The van der Waals surface area contributed by atoms with Gasteiger partial charge in [0, 0.05) is 17.9 Å². The van der Waals surface area contributed by atoms with Crippen LogP contribution in [0.1, 0.15) is 36.5 Å². The number of thioether (sulfide) groups is 1. The average molecular weight is 309 g/mol. The summed E-state index contributed by atoms with van der Waals surface area (Å²) >= 11 is 1.28. The summed E-state index contributed by atoms with van der Waals surface area (Å²) in [5, 5.41) is 0.0554. The minimum Gasteiger partial charge on any atom is -0.494 e. The Balaban J connectivity index is 2.32. The number of rotatable bonds is 9. The van der Waals surface area contributed by atoms with Gasteiger partial charge < -0.3 is 16.2 Å². The van der Waals surface area contributed by atoms with Crippen LogP contribution in [0, 0.1) is 0 Å². The molecule has 0 aliphatic rings. The Morgan fingerprint density at radius 2 is 1.95 bits per heavy atom. The normalized spacial score (nSPS) is 10.1. The van der Waals surface area contributed by atoms with E-state index in [4.69, 9.17) is 16.2 Å². The van der Waals surface area contributed by atoms with Gasteiger partial charge in [-0.2, -0.15) is 0 Å². The lowest BCUT2D eigenvalue weighted by Gasteiger charge is -2.06. The van der Waals surface area contributed by atoms with E-state index in [0.29, 0.717) is 24.5 Å². The number of carbonyl (C=O) groups excluding carboxylic acids is 1. The van der Waals surface area contributed by atoms with Crippen LogP contribution in [0.25, 0.3) is 0 Å². The van der Waals surface area contributed by atoms with E-state index in [0.717, 1.165) is 25.0 Å². The molecule has 0 unspecified atom stereocenters. The van der Waals surface area contributed by atoms with Crippen molar-refractivity contribution in [2.45, 2.75) is 26.2 Å². The molecule has 5 nitrogen and oxygen atoms in total. The van der Waals surface area contributed by atoms with Crippen LogP contribution in [0.5, 0.6) is 5.75 Å². The maximum absolute atomic E-state index is 12.0. The Morgan fingerprint density at radius 3 is 2.57 bits per heavy atom. The maximum atomic E-state index is 12.0. The molecule has 4 N–H and O–H groups in total. The lowest BCUT2D eigenvalue weighted by molar-refractivity contribution is 0.108. The van der Waals surface area contributed by atoms with Gasteiger partial charge >= 0.3 is 0 Å². The molecule has 0 aliphatic heterocycles. The van der Waals surface area contributed by atoms with E-state index in [2.05, 4.69) is 11.9 Å². The number of guanidine groups is 1. The second-order valence-corrected chi connectivity index (χ2v) is 5.59. The van der Waals surface area contributed by atoms with Crippen molar-refractivity contribution in [3.8, 4) is 5.75 Å². The first-order valence-corrected chi connectivity index (χ1v) is 8.07. The lowest BCUT2D eigenvalue weighted by Crippen LogP contribution is -2.23. The standard InChI is InChI=1S/C15H23N3O2S/c1-2-3-10-20-13-7-5-12(6-8-13)14(19)21-11-4-9-18-15(16)17/h5-8H,2-4,9-11H2,1H3,(H4,16,17,18). The SMILES string of the molecule is CCCCOc1ccc(C(=O)SCCCN=C(N)N)cc1. The van der Waals surface area contributed by atoms with Crippen LogP contribution in [0.3, 0.4) is 0 Å². The van der Waals surface area contributed by atoms with Crippen molar-refractivity contribution in [2.75, 3.05) is 18.9 Å². The third-order valence-corrected chi connectivity index (χ3v) is 3.68. The fourth-order valence-electron chi connectivity index (χ4n) is 1.54. The maximum Gasteiger partial charge on any atom is 0.219 e. The van der Waals surface area contributed by atoms with Gasteiger partial charge in [0.05, 0.1) is 6.61 Å². The molecule has 0 bridgehead atoms. The number of unbranched alkanes of at least 4 members (excludes halogenated alkanes) is 1. The second-order valence-electron chi connectivity index (χ2n) is 4.52. The van der Waals surface area contributed by atoms with Crippen molar-refractivity contribution in [3.63, 3.8) is 0 Å². The first-order valence-electron chi connectivity index (χ1n) is 7.09. The van der Waals surface area contributed by atoms with E-state index in [9.17, 15) is 4.79 Å². The van der Waals surface area contributed by atoms with Gasteiger partial charge in [-0.05, 0) is 37.1 Å². The van der Waals surface area contributed by atoms with Crippen LogP contribution in [-0.4, -0.2) is 30.0 Å². The number of ether oxygens (including phenoxy) is 1. The molecule has 21 heavy (non-hydrogen) atoms. The van der Waals surface area contributed by atoms with Gasteiger partial charge in [-0.1, -0.05) is 25.1 Å². The minimum absolute atomic E-state index is 0.0554. The highest BCUT2D eigenvalue weighted by Gasteiger charge is 2.06. The fourth-order valence-corrected chi connectivity index (χ4v) is 2.30. The van der Waals surface area contributed by atoms with Gasteiger partial charge in [-0.15, -0.1) is 0 Å². The summed E-state index contributed by atoms with van der Waals surface area (Å²) in [6.45, 7) is 3.38. The van der Waals surface area contributed by atoms with Gasteiger partial charge in [0.2, 0.25) is 5.12 Å². The van der Waals surface area contributed by atoms with Crippen molar-refractivity contribution in [1.29, 1.82) is 0 Å². The monoisotopic (exact) mass is 309 g/mol. The molecule has 0 amide bonds. The Bertz CT molecular complexity index is 456. The molecule has 0 saturated carbocycles. The molecule has 0 saturated heterocycles. The molecule has 0 spiro atoms. The van der Waals surface area contributed by atoms with E-state index in [1.807, 2.05) is 12.1 Å². The van der Waals surface area contributed by atoms with Gasteiger partial charge in [0.25, 0.3) is 0 Å². The lowest BCUT2D eigenvalue weighted by atomic mass is 10.2. The molecule has 0 radical (unpaired) electrons. The largest absolute Gasteiger partial charge is 0.494 e. The summed E-state index contributed by atoms with van der Waals surface area (Å²) in [6.07, 6.45) is 2.91. The van der Waals surface area contributed by atoms with Crippen molar-refractivity contribution in [3.05, 3.63) is 29.8 Å². The zero-order valence-electron chi connectivity index (χ0n) is 12.4. The molecule has 0 aromatic heterocycles. The van der Waals surface area contributed by atoms with Crippen molar-refractivity contribution >= 4 is 22.8 Å². The molecule has 0 heterocycles. The predicted molar refractivity (Wildman–Crippen MR) is 88.9 cm³/mol. The van der Waals surface area contributed by atoms with Crippen molar-refractivity contribution < 1.29 is 9.53 Å². The van der Waals surface area contributed by atoms with Crippen LogP contribution >= 0.6 is 11.8 Å². The summed E-state index contributed by atoms with van der Waals surface area (Å²) in [5.74, 6) is 1.59. The van der Waals surface area contributed by atoms with Crippen LogP contribution in [0.4, 0.5) is 0 Å². The number of benzene rings is 1. The second kappa shape index (κ2) is 10.1. The van der Waals surface area contributed by atoms with Crippen LogP contribution in [0.2, 0.25) is 0 Å². The number of hydrogen-bond acceptors (Lipinski definition) is 4. The topological polar surface area (TPSA) is 90.7 Å². The van der Waals surface area contributed by atoms with Crippen LogP contribution in [-0.2, 0) is 0 Å². The molecule has 1 aromatic rings. The quantitative estimate of drug-likeness (QED) is 0.415. The Morgan fingerprint density at radius 1 is 1.24 bits per heavy atom. The number of hydrogen-bond donors (Lipinski definition) is 2. The smallest absolute Gasteiger partial charge is 0.219 e. The molecular weight excluding hydrogens is 286 g/mol. The minimum atomic E-state index is 0.0554. The molecule has 6 heteroatoms. The number of aliphatic imine (C=N–C) groups is 1. The average Bonchev–Trinajstić information content (AvgIpc) is 2.47. The summed E-state index contributed by atoms with van der Waals surface area (Å²) in [4.78, 5) is 15.8. The van der Waals surface area contributed by atoms with Crippen molar-refractivity contribution in [2.24, 2.45) is 16.5 Å². The fraction of sp³-hybridized carbons (Fsp3) is 0.467. The van der Waals surface area contributed by atoms with Crippen LogP contribution in [0.15, 0.2) is 29.3 Å². The van der Waals surface area contributed by atoms with Crippen LogP contribution < -0.4 is 16.2 Å². The van der Waals surface area contributed by atoms with Gasteiger partial charge in [-0.25, -0.2) is 0 Å². The highest BCUT2D eigenvalue weighted by Crippen LogP contribution is 2.17. The molecule has 0 fully saturated rings. The summed E-state index contributed by atoms with van der Waals surface area (Å²) < 4.78 is 5.56. The van der Waals surface area contributed by atoms with Gasteiger partial charge in [0.1, 0.15) is 5.75 Å². The zero-order chi connectivity index (χ0) is 15.5. The first-order chi connectivity index (χ1) is 10.1. The van der Waals surface area contributed by atoms with Gasteiger partial charge in [0.15, 0.2) is 5.96 Å². The number of nitrogens with zero attached hydrogens (tertiary/aromatic N) is 1. The number of nitrogens with two attached hydrogens (primary N) is 2. The molecular formula is C15H23N3O2S. The Hall–Kier alpha value is -1.69. The number of carbonyl (C=O) groups is 1. The highest BCUT2D eigenvalue weighted by molar-refractivity contribution is 8.14. The summed E-state index contributed by atoms with van der Waals surface area (Å²) in [7, 11) is 0. The Labute approximate surface area is 130 Å². The zero-order valence-corrected chi connectivity index (χ0v) is 13.2. The van der Waals surface area contributed by atoms with E-state index in [1.54, 1.807) is 12.1 Å². The van der Waals surface area contributed by atoms with E-state index < -0.39 is 0 Å². The first kappa shape index (κ1) is 17.4. The van der Waals surface area contributed by atoms with Crippen molar-refractivity contribution in [1.82, 2.24) is 0 Å². The summed E-state index contributed by atoms with van der Waals surface area (Å²) in [6, 6.07) is 7.27. The molecule has 0 atom stereocenters. The summed E-state index contributed by atoms with van der Waals surface area (Å²) in [5.41, 5.74) is 11.1. The molecule has 116 valence electrons. The van der Waals surface area contributed by atoms with E-state index in [-0.39, 0.29) is 11.1 Å². The van der Waals surface area contributed by atoms with E-state index >= 15 is 0 Å². The van der Waals surface area contributed by atoms with E-state index in [1.165, 1.54) is 11.8 Å². The molecule has 1 rings (SSSR count). The molecule has 0 aliphatic carbocycles.